The van der Waals surface area contributed by atoms with E-state index >= 15 is 0 Å². The van der Waals surface area contributed by atoms with Crippen LogP contribution < -0.4 is 4.80 Å². The highest BCUT2D eigenvalue weighted by Gasteiger charge is 2.33. The average Bonchev–Trinajstić information content (AvgIpc) is 3.07. The number of carbonyl (C=O) groups excluding carboxylic acids is 1. The molecule has 1 amide bonds. The van der Waals surface area contributed by atoms with Crippen molar-refractivity contribution in [3.05, 3.63) is 56.8 Å². The number of aromatic nitrogens is 1. The van der Waals surface area contributed by atoms with Crippen LogP contribution in [0.1, 0.15) is 18.4 Å². The lowest BCUT2D eigenvalue weighted by atomic mass is 9.99. The summed E-state index contributed by atoms with van der Waals surface area (Å²) in [6.45, 7) is 2.43. The first-order valence-electron chi connectivity index (χ1n) is 9.77. The van der Waals surface area contributed by atoms with Gasteiger partial charge in [-0.05, 0) is 61.7 Å². The molecule has 4 rings (SSSR count). The largest absolute Gasteiger partial charge is 0.319 e. The summed E-state index contributed by atoms with van der Waals surface area (Å²) in [5.41, 5.74) is 1.88. The number of amides is 1. The van der Waals surface area contributed by atoms with Gasteiger partial charge < -0.3 is 4.57 Å². The Morgan fingerprint density at radius 3 is 2.58 bits per heavy atom. The topological polar surface area (TPSA) is 71.7 Å². The Kier molecular flexibility index (Phi) is 6.29. The van der Waals surface area contributed by atoms with Gasteiger partial charge >= 0.3 is 0 Å². The van der Waals surface area contributed by atoms with Crippen molar-refractivity contribution in [1.29, 1.82) is 0 Å². The van der Waals surface area contributed by atoms with Crippen LogP contribution in [-0.4, -0.2) is 36.3 Å². The first-order valence-corrected chi connectivity index (χ1v) is 12.8. The number of thiazole rings is 1. The number of hydrogen-bond donors (Lipinski definition) is 0. The molecule has 0 radical (unpaired) electrons. The van der Waals surface area contributed by atoms with E-state index in [-0.39, 0.29) is 17.3 Å². The summed E-state index contributed by atoms with van der Waals surface area (Å²) in [6.07, 6.45) is 1.21. The van der Waals surface area contributed by atoms with E-state index in [4.69, 9.17) is 23.2 Å². The molecule has 6 nitrogen and oxygen atoms in total. The molecule has 1 atom stereocenters. The SMILES string of the molecule is Cc1c(Cl)ccc2sc(=NC(=O)C3CCCN(S(=O)(=O)c4ccc(Cl)cc4)C3)n(C)c12. The van der Waals surface area contributed by atoms with Crippen LogP contribution in [0.3, 0.4) is 0 Å². The number of benzene rings is 2. The second kappa shape index (κ2) is 8.67. The van der Waals surface area contributed by atoms with Crippen molar-refractivity contribution < 1.29 is 13.2 Å². The fourth-order valence-corrected chi connectivity index (χ4v) is 6.70. The zero-order chi connectivity index (χ0) is 22.3. The Hall–Kier alpha value is -1.71. The fraction of sp³-hybridized carbons (Fsp3) is 0.333. The number of sulfonamides is 1. The molecule has 0 bridgehead atoms. The molecule has 164 valence electrons. The molecule has 1 saturated heterocycles. The molecule has 0 saturated carbocycles. The number of piperidine rings is 1. The molecule has 10 heteroatoms. The Labute approximate surface area is 194 Å². The highest BCUT2D eigenvalue weighted by Crippen LogP contribution is 2.28. The van der Waals surface area contributed by atoms with Crippen LogP contribution in [0.15, 0.2) is 46.3 Å². The number of carbonyl (C=O) groups is 1. The first-order chi connectivity index (χ1) is 14.7. The summed E-state index contributed by atoms with van der Waals surface area (Å²) in [5.74, 6) is -0.785. The van der Waals surface area contributed by atoms with Gasteiger partial charge in [0.2, 0.25) is 10.0 Å². The number of fused-ring (bicyclic) bond motifs is 1. The fourth-order valence-electron chi connectivity index (χ4n) is 3.81. The number of aryl methyl sites for hydroxylation is 2. The van der Waals surface area contributed by atoms with Crippen LogP contribution in [0.2, 0.25) is 10.0 Å². The summed E-state index contributed by atoms with van der Waals surface area (Å²) >= 11 is 13.5. The summed E-state index contributed by atoms with van der Waals surface area (Å²) in [6, 6.07) is 9.82. The van der Waals surface area contributed by atoms with E-state index in [0.717, 1.165) is 15.8 Å². The second-order valence-corrected chi connectivity index (χ2v) is 11.4. The Bertz CT molecular complexity index is 1330. The smallest absolute Gasteiger partial charge is 0.252 e. The lowest BCUT2D eigenvalue weighted by Gasteiger charge is -2.30. The van der Waals surface area contributed by atoms with Gasteiger partial charge in [0.15, 0.2) is 4.80 Å². The third-order valence-corrected chi connectivity index (χ3v) is 9.18. The molecule has 1 fully saturated rings. The molecular formula is C21H21Cl2N3O3S2. The van der Waals surface area contributed by atoms with E-state index in [2.05, 4.69) is 4.99 Å². The quantitative estimate of drug-likeness (QED) is 0.538. The molecule has 0 spiro atoms. The molecule has 0 aliphatic carbocycles. The van der Waals surface area contributed by atoms with Gasteiger partial charge in [0.25, 0.3) is 5.91 Å². The maximum Gasteiger partial charge on any atom is 0.252 e. The number of rotatable bonds is 3. The molecule has 1 aromatic heterocycles. The zero-order valence-corrected chi connectivity index (χ0v) is 20.2. The second-order valence-electron chi connectivity index (χ2n) is 7.57. The Balaban J connectivity index is 1.61. The van der Waals surface area contributed by atoms with Crippen LogP contribution >= 0.6 is 34.5 Å². The molecular weight excluding hydrogens is 477 g/mol. The van der Waals surface area contributed by atoms with Gasteiger partial charge in [-0.15, -0.1) is 0 Å². The van der Waals surface area contributed by atoms with Gasteiger partial charge in [-0.3, -0.25) is 4.79 Å². The summed E-state index contributed by atoms with van der Waals surface area (Å²) in [5, 5.41) is 1.13. The molecule has 1 unspecified atom stereocenters. The van der Waals surface area contributed by atoms with E-state index in [1.54, 1.807) is 12.1 Å². The zero-order valence-electron chi connectivity index (χ0n) is 17.0. The summed E-state index contributed by atoms with van der Waals surface area (Å²) < 4.78 is 30.2. The van der Waals surface area contributed by atoms with E-state index in [9.17, 15) is 13.2 Å². The first kappa shape index (κ1) is 22.5. The predicted molar refractivity (Wildman–Crippen MR) is 124 cm³/mol. The molecule has 0 N–H and O–H groups in total. The van der Waals surface area contributed by atoms with Crippen molar-refractivity contribution in [2.75, 3.05) is 13.1 Å². The van der Waals surface area contributed by atoms with Gasteiger partial charge in [0.05, 0.1) is 21.0 Å². The maximum absolute atomic E-state index is 13.0. The highest BCUT2D eigenvalue weighted by atomic mass is 35.5. The van der Waals surface area contributed by atoms with Gasteiger partial charge in [-0.2, -0.15) is 9.30 Å². The standard InChI is InChI=1S/C21H21Cl2N3O3S2/c1-13-17(23)9-10-18-19(13)25(2)21(30-18)24-20(27)14-4-3-11-26(12-14)31(28,29)16-7-5-15(22)6-8-16/h5-10,14H,3-4,11-12H2,1-2H3. The van der Waals surface area contributed by atoms with Crippen LogP contribution in [-0.2, 0) is 21.9 Å². The number of hydrogen-bond acceptors (Lipinski definition) is 4. The van der Waals surface area contributed by atoms with Crippen LogP contribution in [0.5, 0.6) is 0 Å². The Morgan fingerprint density at radius 1 is 1.16 bits per heavy atom. The highest BCUT2D eigenvalue weighted by molar-refractivity contribution is 7.89. The maximum atomic E-state index is 13.0. The van der Waals surface area contributed by atoms with E-state index < -0.39 is 15.9 Å². The minimum atomic E-state index is -3.69. The molecule has 1 aliphatic rings. The third-order valence-electron chi connectivity index (χ3n) is 5.54. The van der Waals surface area contributed by atoms with E-state index in [1.165, 1.54) is 27.8 Å². The average molecular weight is 498 g/mol. The monoisotopic (exact) mass is 497 g/mol. The Morgan fingerprint density at radius 2 is 1.87 bits per heavy atom. The van der Waals surface area contributed by atoms with Gasteiger partial charge in [-0.25, -0.2) is 8.42 Å². The van der Waals surface area contributed by atoms with Crippen molar-refractivity contribution in [3.63, 3.8) is 0 Å². The minimum Gasteiger partial charge on any atom is -0.319 e. The lowest BCUT2D eigenvalue weighted by Crippen LogP contribution is -2.42. The normalized spacial score (nSPS) is 18.6. The van der Waals surface area contributed by atoms with Crippen LogP contribution in [0.25, 0.3) is 10.2 Å². The van der Waals surface area contributed by atoms with Crippen LogP contribution in [0.4, 0.5) is 0 Å². The molecule has 3 aromatic rings. The summed E-state index contributed by atoms with van der Waals surface area (Å²) in [7, 11) is -1.84. The minimum absolute atomic E-state index is 0.118. The van der Waals surface area contributed by atoms with Crippen LogP contribution in [0, 0.1) is 12.8 Å². The van der Waals surface area contributed by atoms with Gasteiger partial charge in [-0.1, -0.05) is 34.5 Å². The van der Waals surface area contributed by atoms with Gasteiger partial charge in [0, 0.05) is 30.2 Å². The molecule has 1 aliphatic heterocycles. The van der Waals surface area contributed by atoms with Crippen molar-refractivity contribution in [1.82, 2.24) is 8.87 Å². The third kappa shape index (κ3) is 4.32. The molecule has 31 heavy (non-hydrogen) atoms. The molecule has 2 heterocycles. The predicted octanol–water partition coefficient (Wildman–Crippen LogP) is 4.38. The van der Waals surface area contributed by atoms with Crippen molar-refractivity contribution in [2.24, 2.45) is 18.0 Å². The van der Waals surface area contributed by atoms with E-state index in [0.29, 0.717) is 34.2 Å². The van der Waals surface area contributed by atoms with Crippen molar-refractivity contribution in [2.45, 2.75) is 24.7 Å². The van der Waals surface area contributed by atoms with Crippen molar-refractivity contribution in [3.8, 4) is 0 Å². The summed E-state index contributed by atoms with van der Waals surface area (Å²) in [4.78, 5) is 18.1. The van der Waals surface area contributed by atoms with Crippen molar-refractivity contribution >= 4 is 60.7 Å². The molecule has 2 aromatic carbocycles. The number of halogens is 2. The number of nitrogens with zero attached hydrogens (tertiary/aromatic N) is 3. The van der Waals surface area contributed by atoms with Gasteiger partial charge in [0.1, 0.15) is 0 Å². The van der Waals surface area contributed by atoms with E-state index in [1.807, 2.05) is 30.7 Å². The lowest BCUT2D eigenvalue weighted by molar-refractivity contribution is -0.122.